The van der Waals surface area contributed by atoms with E-state index in [0.29, 0.717) is 6.20 Å². The molecule has 1 unspecified atom stereocenters. The van der Waals surface area contributed by atoms with Crippen molar-refractivity contribution >= 4 is 22.3 Å². The Labute approximate surface area is 240 Å². The molecule has 0 aliphatic rings. The van der Waals surface area contributed by atoms with Gasteiger partial charge in [-0.25, -0.2) is 19.5 Å². The average Bonchev–Trinajstić information content (AvgIpc) is 2.93. The second-order valence-electron chi connectivity index (χ2n) is 9.12. The molecule has 0 aliphatic heterocycles. The fourth-order valence-electron chi connectivity index (χ4n) is 4.26. The minimum Gasteiger partial charge on any atom is -0.429 e. The highest BCUT2D eigenvalue weighted by atomic mass is 19.4. The number of hydrogen-bond donors (Lipinski definition) is 3. The number of ether oxygens (including phenoxy) is 2. The number of aromatic amines is 1. The van der Waals surface area contributed by atoms with Crippen LogP contribution in [0.5, 0.6) is 5.75 Å². The number of pyridine rings is 1. The van der Waals surface area contributed by atoms with Gasteiger partial charge in [0.1, 0.15) is 11.4 Å². The Hall–Kier alpha value is -4.81. The number of rotatable bonds is 12. The van der Waals surface area contributed by atoms with Gasteiger partial charge in [0.25, 0.3) is 11.1 Å². The first-order chi connectivity index (χ1) is 20.7. The molecular formula is C25H21F8N7O4. The lowest BCUT2D eigenvalue weighted by Gasteiger charge is -2.22. The Bertz CT molecular complexity index is 1750. The van der Waals surface area contributed by atoms with Gasteiger partial charge >= 0.3 is 19.4 Å². The summed E-state index contributed by atoms with van der Waals surface area (Å²) in [4.78, 5) is 32.3. The fourth-order valence-corrected chi connectivity index (χ4v) is 4.26. The molecule has 4 rings (SSSR count). The lowest BCUT2D eigenvalue weighted by molar-refractivity contribution is -0.138. The smallest absolute Gasteiger partial charge is 0.423 e. The summed E-state index contributed by atoms with van der Waals surface area (Å²) in [5.74, 6) is -2.18. The zero-order chi connectivity index (χ0) is 32.2. The molecule has 0 amide bonds. The highest BCUT2D eigenvalue weighted by Crippen LogP contribution is 2.32. The Kier molecular flexibility index (Phi) is 9.65. The van der Waals surface area contributed by atoms with E-state index in [1.807, 2.05) is 0 Å². The van der Waals surface area contributed by atoms with Crippen molar-refractivity contribution in [2.24, 2.45) is 0 Å². The van der Waals surface area contributed by atoms with Crippen LogP contribution in [0, 0.1) is 5.82 Å². The average molecular weight is 635 g/mol. The molecule has 0 saturated heterocycles. The van der Waals surface area contributed by atoms with E-state index in [1.165, 1.54) is 22.9 Å². The maximum atomic E-state index is 15.0. The molecule has 19 heteroatoms. The summed E-state index contributed by atoms with van der Waals surface area (Å²) in [5, 5.41) is 7.52. The van der Waals surface area contributed by atoms with Gasteiger partial charge in [-0.05, 0) is 36.4 Å². The summed E-state index contributed by atoms with van der Waals surface area (Å²) in [6.45, 7) is -7.22. The van der Waals surface area contributed by atoms with Crippen LogP contribution in [0.4, 0.5) is 46.6 Å². The van der Waals surface area contributed by atoms with Crippen molar-refractivity contribution in [1.82, 2.24) is 24.7 Å². The third-order valence-corrected chi connectivity index (χ3v) is 6.18. The molecule has 44 heavy (non-hydrogen) atoms. The van der Waals surface area contributed by atoms with E-state index < -0.39 is 71.8 Å². The van der Waals surface area contributed by atoms with Gasteiger partial charge < -0.3 is 25.1 Å². The van der Waals surface area contributed by atoms with Crippen LogP contribution in [0.15, 0.2) is 46.4 Å². The van der Waals surface area contributed by atoms with Crippen LogP contribution in [0.3, 0.4) is 0 Å². The molecule has 1 atom stereocenters. The van der Waals surface area contributed by atoms with Crippen molar-refractivity contribution < 1.29 is 44.6 Å². The molecule has 0 bridgehead atoms. The third kappa shape index (κ3) is 7.57. The summed E-state index contributed by atoms with van der Waals surface area (Å²) >= 11 is 0. The summed E-state index contributed by atoms with van der Waals surface area (Å²) < 4.78 is 115. The van der Waals surface area contributed by atoms with E-state index in [9.17, 15) is 40.3 Å². The molecule has 1 aromatic carbocycles. The topological polar surface area (TPSA) is 150 Å². The number of nitrogens with two attached hydrogens (primary N) is 1. The van der Waals surface area contributed by atoms with Crippen molar-refractivity contribution in [3.63, 3.8) is 0 Å². The monoisotopic (exact) mass is 635 g/mol. The van der Waals surface area contributed by atoms with Crippen molar-refractivity contribution in [1.29, 1.82) is 0 Å². The second kappa shape index (κ2) is 13.2. The number of hydrogen-bond acceptors (Lipinski definition) is 9. The van der Waals surface area contributed by atoms with Crippen LogP contribution in [-0.2, 0) is 17.5 Å². The molecule has 0 radical (unpaired) electrons. The number of anilines is 2. The second-order valence-corrected chi connectivity index (χ2v) is 9.12. The molecular weight excluding hydrogens is 614 g/mol. The molecule has 0 aliphatic carbocycles. The Morgan fingerprint density at radius 2 is 1.84 bits per heavy atom. The molecule has 236 valence electrons. The van der Waals surface area contributed by atoms with Gasteiger partial charge in [-0.2, -0.15) is 35.8 Å². The predicted molar refractivity (Wildman–Crippen MR) is 139 cm³/mol. The van der Waals surface area contributed by atoms with Gasteiger partial charge in [-0.1, -0.05) is 0 Å². The number of halogens is 8. The van der Waals surface area contributed by atoms with Gasteiger partial charge in [-0.15, -0.1) is 0 Å². The number of alkyl halides is 7. The predicted octanol–water partition coefficient (Wildman–Crippen LogP) is 4.38. The van der Waals surface area contributed by atoms with Crippen LogP contribution >= 0.6 is 0 Å². The number of nitrogen functional groups attached to an aromatic ring is 1. The molecule has 3 heterocycles. The van der Waals surface area contributed by atoms with Crippen LogP contribution in [0.2, 0.25) is 0 Å². The number of nitrogens with one attached hydrogen (secondary N) is 2. The lowest BCUT2D eigenvalue weighted by atomic mass is 10.1. The Balaban J connectivity index is 1.53. The molecule has 4 aromatic rings. The summed E-state index contributed by atoms with van der Waals surface area (Å²) in [6.07, 6.45) is -2.25. The number of nitrogens with zero attached hydrogens (tertiary/aromatic N) is 4. The summed E-state index contributed by atoms with van der Waals surface area (Å²) in [7, 11) is 0. The number of fused-ring (bicyclic) bond motifs is 1. The minimum absolute atomic E-state index is 0.0500. The lowest BCUT2D eigenvalue weighted by Crippen LogP contribution is -2.32. The SMILES string of the molecule is Nc1nc(-c2cc3ccn(CCCC(COC(F)F)Nc4cn[nH]c(=O)c4C(F)(F)F)c(=O)c3cc2F)ncc1OC(F)F. The molecule has 3 aromatic heterocycles. The van der Waals surface area contributed by atoms with E-state index in [1.54, 1.807) is 5.10 Å². The normalized spacial score (nSPS) is 12.7. The Morgan fingerprint density at radius 1 is 1.09 bits per heavy atom. The van der Waals surface area contributed by atoms with Gasteiger partial charge in [-0.3, -0.25) is 9.59 Å². The highest BCUT2D eigenvalue weighted by Gasteiger charge is 2.37. The standard InChI is InChI=1S/C25H21F8N7O4/c26-15-7-13-11(6-14(15)20-35-9-17(19(34)38-20)44-24(29)30)3-5-40(22(13)42)4-1-2-12(10-43-23(27)28)37-16-8-36-39-21(41)18(16)25(31,32)33/h3,5-9,12,23-24H,1-2,4,10H2,(H2,34,35,38)(H2,37,39,41). The van der Waals surface area contributed by atoms with E-state index in [-0.39, 0.29) is 41.5 Å². The van der Waals surface area contributed by atoms with Crippen molar-refractivity contribution in [3.05, 3.63) is 68.9 Å². The number of aromatic nitrogens is 5. The third-order valence-electron chi connectivity index (χ3n) is 6.18. The minimum atomic E-state index is -5.08. The van der Waals surface area contributed by atoms with Gasteiger partial charge in [0.05, 0.1) is 35.6 Å². The highest BCUT2D eigenvalue weighted by molar-refractivity contribution is 5.86. The maximum Gasteiger partial charge on any atom is 0.423 e. The summed E-state index contributed by atoms with van der Waals surface area (Å²) in [5.41, 5.74) is 0.852. The molecule has 0 saturated carbocycles. The van der Waals surface area contributed by atoms with Crippen molar-refractivity contribution in [2.75, 3.05) is 17.7 Å². The van der Waals surface area contributed by atoms with E-state index >= 15 is 4.39 Å². The van der Waals surface area contributed by atoms with E-state index in [4.69, 9.17) is 5.73 Å². The molecule has 0 fully saturated rings. The number of H-pyrrole nitrogens is 1. The van der Waals surface area contributed by atoms with Crippen LogP contribution < -0.4 is 26.9 Å². The van der Waals surface area contributed by atoms with Crippen molar-refractivity contribution in [2.45, 2.75) is 44.8 Å². The first kappa shape index (κ1) is 32.1. The summed E-state index contributed by atoms with van der Waals surface area (Å²) in [6, 6.07) is 2.44. The largest absolute Gasteiger partial charge is 0.429 e. The number of aryl methyl sites for hydroxylation is 1. The quantitative estimate of drug-likeness (QED) is 0.193. The van der Waals surface area contributed by atoms with E-state index in [2.05, 4.69) is 29.9 Å². The molecule has 0 spiro atoms. The zero-order valence-electron chi connectivity index (χ0n) is 22.0. The van der Waals surface area contributed by atoms with Gasteiger partial charge in [0.2, 0.25) is 0 Å². The zero-order valence-corrected chi connectivity index (χ0v) is 22.0. The molecule has 11 nitrogen and oxygen atoms in total. The maximum absolute atomic E-state index is 15.0. The van der Waals surface area contributed by atoms with Crippen LogP contribution in [0.25, 0.3) is 22.2 Å². The number of benzene rings is 1. The van der Waals surface area contributed by atoms with Crippen LogP contribution in [-0.4, -0.2) is 50.6 Å². The van der Waals surface area contributed by atoms with E-state index in [0.717, 1.165) is 12.3 Å². The van der Waals surface area contributed by atoms with Crippen molar-refractivity contribution in [3.8, 4) is 17.1 Å². The van der Waals surface area contributed by atoms with Gasteiger partial charge in [0.15, 0.2) is 17.4 Å². The first-order valence-corrected chi connectivity index (χ1v) is 12.5. The van der Waals surface area contributed by atoms with Crippen LogP contribution in [0.1, 0.15) is 18.4 Å². The first-order valence-electron chi connectivity index (χ1n) is 12.5. The molecule has 4 N–H and O–H groups in total. The fraction of sp³-hybridized carbons (Fsp3) is 0.320. The van der Waals surface area contributed by atoms with Gasteiger partial charge in [0, 0.05) is 18.8 Å². The Morgan fingerprint density at radius 3 is 2.50 bits per heavy atom.